The first-order valence-electron chi connectivity index (χ1n) is 5.11. The molecule has 2 aromatic rings. The summed E-state index contributed by atoms with van der Waals surface area (Å²) in [5.74, 6) is -1.00. The number of nitrogens with one attached hydrogen (secondary N) is 1. The third kappa shape index (κ3) is 1.66. The highest BCUT2D eigenvalue weighted by molar-refractivity contribution is 6.01. The van der Waals surface area contributed by atoms with Crippen LogP contribution in [-0.2, 0) is 5.41 Å². The van der Waals surface area contributed by atoms with Gasteiger partial charge in [-0.25, -0.2) is 4.79 Å². The third-order valence-electron chi connectivity index (χ3n) is 2.63. The van der Waals surface area contributed by atoms with E-state index in [9.17, 15) is 4.79 Å². The summed E-state index contributed by atoms with van der Waals surface area (Å²) >= 11 is 0. The molecular weight excluding hydrogens is 204 g/mol. The van der Waals surface area contributed by atoms with E-state index in [1.165, 1.54) is 0 Å². The van der Waals surface area contributed by atoms with Gasteiger partial charge in [-0.05, 0) is 23.1 Å². The molecular formula is C12H14N2O2. The molecule has 4 heteroatoms. The molecule has 0 aliphatic carbocycles. The fourth-order valence-electron chi connectivity index (χ4n) is 1.64. The molecule has 0 unspecified atom stereocenters. The molecule has 1 aromatic heterocycles. The Hall–Kier alpha value is -1.84. The largest absolute Gasteiger partial charge is 0.476 e. The Morgan fingerprint density at radius 1 is 1.38 bits per heavy atom. The average molecular weight is 218 g/mol. The average Bonchev–Trinajstić information content (AvgIpc) is 2.58. The molecule has 84 valence electrons. The fourth-order valence-corrected chi connectivity index (χ4v) is 1.64. The normalized spacial score (nSPS) is 11.9. The van der Waals surface area contributed by atoms with Gasteiger partial charge in [0.2, 0.25) is 0 Å². The summed E-state index contributed by atoms with van der Waals surface area (Å²) in [6.45, 7) is 6.28. The van der Waals surface area contributed by atoms with Crippen molar-refractivity contribution in [2.24, 2.45) is 0 Å². The van der Waals surface area contributed by atoms with Crippen LogP contribution in [0.1, 0.15) is 36.8 Å². The molecule has 2 rings (SSSR count). The number of hydrogen-bond acceptors (Lipinski definition) is 2. The van der Waals surface area contributed by atoms with E-state index < -0.39 is 5.97 Å². The Bertz CT molecular complexity index is 550. The monoisotopic (exact) mass is 218 g/mol. The van der Waals surface area contributed by atoms with Gasteiger partial charge in [-0.1, -0.05) is 26.8 Å². The second-order valence-corrected chi connectivity index (χ2v) is 4.89. The van der Waals surface area contributed by atoms with Gasteiger partial charge < -0.3 is 5.11 Å². The maximum absolute atomic E-state index is 11.0. The van der Waals surface area contributed by atoms with E-state index in [0.717, 1.165) is 11.1 Å². The maximum atomic E-state index is 11.0. The number of H-pyrrole nitrogens is 1. The molecule has 1 heterocycles. The van der Waals surface area contributed by atoms with E-state index in [-0.39, 0.29) is 11.1 Å². The van der Waals surface area contributed by atoms with Crippen LogP contribution in [0.3, 0.4) is 0 Å². The van der Waals surface area contributed by atoms with E-state index in [1.54, 1.807) is 0 Å². The summed E-state index contributed by atoms with van der Waals surface area (Å²) in [5, 5.41) is 16.2. The highest BCUT2D eigenvalue weighted by Crippen LogP contribution is 2.26. The number of aromatic amines is 1. The van der Waals surface area contributed by atoms with Crippen LogP contribution in [0.5, 0.6) is 0 Å². The van der Waals surface area contributed by atoms with Crippen molar-refractivity contribution in [3.63, 3.8) is 0 Å². The standard InChI is InChI=1S/C12H14N2O2/c1-12(2,3)7-4-5-9-8(6-7)10(11(15)16)14-13-9/h4-6H,1-3H3,(H,13,14)(H,15,16). The lowest BCUT2D eigenvalue weighted by Gasteiger charge is -2.18. The summed E-state index contributed by atoms with van der Waals surface area (Å²) < 4.78 is 0. The molecule has 0 aliphatic rings. The molecule has 0 radical (unpaired) electrons. The van der Waals surface area contributed by atoms with Gasteiger partial charge in [-0.15, -0.1) is 0 Å². The quantitative estimate of drug-likeness (QED) is 0.773. The van der Waals surface area contributed by atoms with E-state index in [1.807, 2.05) is 18.2 Å². The van der Waals surface area contributed by atoms with Crippen molar-refractivity contribution in [1.82, 2.24) is 10.2 Å². The SMILES string of the molecule is CC(C)(C)c1ccc2[nH]nc(C(=O)O)c2c1. The zero-order valence-corrected chi connectivity index (χ0v) is 9.53. The topological polar surface area (TPSA) is 66.0 Å². The predicted octanol–water partition coefficient (Wildman–Crippen LogP) is 2.56. The fraction of sp³-hybridized carbons (Fsp3) is 0.333. The summed E-state index contributed by atoms with van der Waals surface area (Å²) in [6.07, 6.45) is 0. The number of aromatic nitrogens is 2. The number of fused-ring (bicyclic) bond motifs is 1. The molecule has 16 heavy (non-hydrogen) atoms. The van der Waals surface area contributed by atoms with E-state index in [0.29, 0.717) is 5.39 Å². The maximum Gasteiger partial charge on any atom is 0.357 e. The first-order chi connectivity index (χ1) is 7.39. The second kappa shape index (κ2) is 3.33. The number of rotatable bonds is 1. The van der Waals surface area contributed by atoms with Crippen molar-refractivity contribution < 1.29 is 9.90 Å². The van der Waals surface area contributed by atoms with Crippen LogP contribution in [-0.4, -0.2) is 21.3 Å². The summed E-state index contributed by atoms with van der Waals surface area (Å²) in [4.78, 5) is 11.0. The molecule has 0 fully saturated rings. The van der Waals surface area contributed by atoms with Crippen molar-refractivity contribution >= 4 is 16.9 Å². The van der Waals surface area contributed by atoms with Gasteiger partial charge in [0.15, 0.2) is 5.69 Å². The number of hydrogen-bond donors (Lipinski definition) is 2. The summed E-state index contributed by atoms with van der Waals surface area (Å²) in [7, 11) is 0. The van der Waals surface area contributed by atoms with Crippen LogP contribution < -0.4 is 0 Å². The van der Waals surface area contributed by atoms with Crippen LogP contribution in [0, 0.1) is 0 Å². The zero-order chi connectivity index (χ0) is 11.9. The van der Waals surface area contributed by atoms with Crippen LogP contribution in [0.25, 0.3) is 10.9 Å². The third-order valence-corrected chi connectivity index (χ3v) is 2.63. The van der Waals surface area contributed by atoms with E-state index in [2.05, 4.69) is 31.0 Å². The van der Waals surface area contributed by atoms with Gasteiger partial charge in [-0.3, -0.25) is 5.10 Å². The van der Waals surface area contributed by atoms with Crippen molar-refractivity contribution in [3.8, 4) is 0 Å². The lowest BCUT2D eigenvalue weighted by Crippen LogP contribution is -2.10. The first-order valence-corrected chi connectivity index (χ1v) is 5.11. The summed E-state index contributed by atoms with van der Waals surface area (Å²) in [5.41, 5.74) is 1.94. The number of aromatic carboxylic acids is 1. The van der Waals surface area contributed by atoms with Gasteiger partial charge in [0.1, 0.15) is 0 Å². The van der Waals surface area contributed by atoms with Gasteiger partial charge in [0, 0.05) is 5.39 Å². The van der Waals surface area contributed by atoms with Gasteiger partial charge >= 0.3 is 5.97 Å². The minimum absolute atomic E-state index is 0.00122. The molecule has 0 saturated carbocycles. The Morgan fingerprint density at radius 2 is 2.06 bits per heavy atom. The van der Waals surface area contributed by atoms with Gasteiger partial charge in [-0.2, -0.15) is 5.10 Å². The molecule has 0 atom stereocenters. The van der Waals surface area contributed by atoms with E-state index in [4.69, 9.17) is 5.11 Å². The molecule has 0 saturated heterocycles. The van der Waals surface area contributed by atoms with Crippen molar-refractivity contribution in [2.75, 3.05) is 0 Å². The number of carboxylic acids is 1. The van der Waals surface area contributed by atoms with Crippen molar-refractivity contribution in [1.29, 1.82) is 0 Å². The van der Waals surface area contributed by atoms with Crippen LogP contribution >= 0.6 is 0 Å². The second-order valence-electron chi connectivity index (χ2n) is 4.89. The molecule has 0 spiro atoms. The van der Waals surface area contributed by atoms with Crippen molar-refractivity contribution in [3.05, 3.63) is 29.5 Å². The highest BCUT2D eigenvalue weighted by Gasteiger charge is 2.17. The minimum Gasteiger partial charge on any atom is -0.476 e. The lowest BCUT2D eigenvalue weighted by molar-refractivity contribution is 0.0692. The smallest absolute Gasteiger partial charge is 0.357 e. The van der Waals surface area contributed by atoms with Gasteiger partial charge in [0.05, 0.1) is 5.52 Å². The number of carboxylic acid groups (broad SMARTS) is 1. The van der Waals surface area contributed by atoms with E-state index >= 15 is 0 Å². The molecule has 0 bridgehead atoms. The molecule has 1 aromatic carbocycles. The molecule has 2 N–H and O–H groups in total. The van der Waals surface area contributed by atoms with Gasteiger partial charge in [0.25, 0.3) is 0 Å². The number of nitrogens with zero attached hydrogens (tertiary/aromatic N) is 1. The molecule has 0 amide bonds. The lowest BCUT2D eigenvalue weighted by atomic mass is 9.86. The Kier molecular flexibility index (Phi) is 2.22. The van der Waals surface area contributed by atoms with Crippen LogP contribution in [0.2, 0.25) is 0 Å². The van der Waals surface area contributed by atoms with Crippen molar-refractivity contribution in [2.45, 2.75) is 26.2 Å². The minimum atomic E-state index is -1.00. The first kappa shape index (κ1) is 10.7. The summed E-state index contributed by atoms with van der Waals surface area (Å²) in [6, 6.07) is 5.75. The Balaban J connectivity index is 2.68. The highest BCUT2D eigenvalue weighted by atomic mass is 16.4. The van der Waals surface area contributed by atoms with Crippen LogP contribution in [0.4, 0.5) is 0 Å². The Labute approximate surface area is 93.3 Å². The predicted molar refractivity (Wildman–Crippen MR) is 61.8 cm³/mol. The molecule has 0 aliphatic heterocycles. The Morgan fingerprint density at radius 3 is 2.62 bits per heavy atom. The van der Waals surface area contributed by atoms with Crippen LogP contribution in [0.15, 0.2) is 18.2 Å². The molecule has 4 nitrogen and oxygen atoms in total. The number of carbonyl (C=O) groups is 1. The number of benzene rings is 1. The zero-order valence-electron chi connectivity index (χ0n) is 9.53.